The Morgan fingerprint density at radius 3 is 2.64 bits per heavy atom. The minimum absolute atomic E-state index is 0.0509. The lowest BCUT2D eigenvalue weighted by atomic mass is 9.78. The van der Waals surface area contributed by atoms with Gasteiger partial charge in [0.2, 0.25) is 5.54 Å². The number of likely N-dealkylation sites (N-methyl/N-ethyl adjacent to an activating group) is 2. The normalized spacial score (nSPS) is 28.3. The van der Waals surface area contributed by atoms with Crippen LogP contribution >= 0.6 is 11.6 Å². The van der Waals surface area contributed by atoms with Crippen molar-refractivity contribution < 1.29 is 23.9 Å². The third-order valence-corrected chi connectivity index (χ3v) is 7.36. The number of amides is 2. The van der Waals surface area contributed by atoms with E-state index in [0.717, 1.165) is 5.69 Å². The number of aliphatic hydroxyl groups excluding tert-OH is 1. The van der Waals surface area contributed by atoms with Crippen molar-refractivity contribution in [1.82, 2.24) is 5.32 Å². The highest BCUT2D eigenvalue weighted by Gasteiger charge is 2.68. The summed E-state index contributed by atoms with van der Waals surface area (Å²) in [5.74, 6) is -0.0117. The highest BCUT2D eigenvalue weighted by molar-refractivity contribution is 6.31. The second kappa shape index (κ2) is 8.20. The van der Waals surface area contributed by atoms with Gasteiger partial charge in [0.15, 0.2) is 6.04 Å². The van der Waals surface area contributed by atoms with Crippen molar-refractivity contribution in [2.24, 2.45) is 0 Å². The van der Waals surface area contributed by atoms with Crippen molar-refractivity contribution in [3.63, 3.8) is 0 Å². The molecule has 8 nitrogen and oxygen atoms in total. The molecule has 0 aliphatic carbocycles. The number of aliphatic hydroxyl groups is 1. The molecular formula is C24H30ClN4O4+. The lowest BCUT2D eigenvalue weighted by Gasteiger charge is -2.48. The van der Waals surface area contributed by atoms with Crippen LogP contribution in [0.4, 0.5) is 11.4 Å². The Hall–Kier alpha value is -2.81. The largest absolute Gasteiger partial charge is 0.496 e. The first-order chi connectivity index (χ1) is 15.6. The van der Waals surface area contributed by atoms with Gasteiger partial charge in [0.1, 0.15) is 18.4 Å². The Bertz CT molecular complexity index is 1120. The van der Waals surface area contributed by atoms with Gasteiger partial charge in [-0.15, -0.1) is 0 Å². The summed E-state index contributed by atoms with van der Waals surface area (Å²) < 4.78 is 5.76. The zero-order valence-electron chi connectivity index (χ0n) is 19.5. The molecule has 2 aromatic rings. The number of carbonyl (C=O) groups is 2. The molecule has 9 heteroatoms. The second-order valence-corrected chi connectivity index (χ2v) is 9.54. The molecule has 4 rings (SSSR count). The van der Waals surface area contributed by atoms with E-state index in [9.17, 15) is 14.7 Å². The van der Waals surface area contributed by atoms with Gasteiger partial charge in [-0.05, 0) is 30.3 Å². The molecule has 2 amide bonds. The van der Waals surface area contributed by atoms with E-state index in [1.807, 2.05) is 44.2 Å². The van der Waals surface area contributed by atoms with E-state index in [2.05, 4.69) is 10.6 Å². The number of likely N-dealkylation sites (tertiary alicyclic amines) is 1. The Balaban J connectivity index is 2.10. The number of benzene rings is 2. The molecule has 1 saturated heterocycles. The standard InChI is InChI=1S/C24H29ClN4O4/c1-26-22(31)20-12-16(30)13-29(20,4)24(17-8-7-15(28(2)3)11-21(17)33-5)18-10-14(25)6-9-19(18)27-23(24)32/h6-11,16,20,30H,12-13H2,1-5H3,(H-,26,27,31,32)/p+1/t16-,20+,24?,29?/m1/s1. The van der Waals surface area contributed by atoms with Crippen LogP contribution in [-0.4, -0.2) is 75.4 Å². The zero-order chi connectivity index (χ0) is 24.1. The molecule has 2 aromatic carbocycles. The third-order valence-electron chi connectivity index (χ3n) is 7.13. The van der Waals surface area contributed by atoms with Crippen molar-refractivity contribution in [2.75, 3.05) is 52.1 Å². The molecule has 1 fully saturated rings. The number of carbonyl (C=O) groups excluding carboxylic acids is 2. The Kier molecular flexibility index (Phi) is 5.80. The lowest BCUT2D eigenvalue weighted by molar-refractivity contribution is -0.953. The van der Waals surface area contributed by atoms with Gasteiger partial charge in [-0.2, -0.15) is 0 Å². The second-order valence-electron chi connectivity index (χ2n) is 9.10. The summed E-state index contributed by atoms with van der Waals surface area (Å²) in [6, 6.07) is 10.3. The minimum Gasteiger partial charge on any atom is -0.496 e. The number of anilines is 2. The van der Waals surface area contributed by atoms with Crippen LogP contribution < -0.4 is 20.3 Å². The van der Waals surface area contributed by atoms with E-state index in [1.54, 1.807) is 32.4 Å². The smallest absolute Gasteiger partial charge is 0.295 e. The van der Waals surface area contributed by atoms with Crippen LogP contribution in [0.5, 0.6) is 5.75 Å². The molecule has 2 heterocycles. The van der Waals surface area contributed by atoms with E-state index in [4.69, 9.17) is 16.3 Å². The molecule has 2 unspecified atom stereocenters. The van der Waals surface area contributed by atoms with Gasteiger partial charge in [-0.25, -0.2) is 0 Å². The van der Waals surface area contributed by atoms with Crippen LogP contribution in [0.15, 0.2) is 36.4 Å². The van der Waals surface area contributed by atoms with Gasteiger partial charge >= 0.3 is 0 Å². The number of nitrogens with one attached hydrogen (secondary N) is 2. The fraction of sp³-hybridized carbons (Fsp3) is 0.417. The van der Waals surface area contributed by atoms with Crippen LogP contribution in [-0.2, 0) is 15.1 Å². The first-order valence-corrected chi connectivity index (χ1v) is 11.2. The van der Waals surface area contributed by atoms with E-state index in [-0.39, 0.29) is 29.3 Å². The summed E-state index contributed by atoms with van der Waals surface area (Å²) >= 11 is 6.42. The average molecular weight is 474 g/mol. The quantitative estimate of drug-likeness (QED) is 0.577. The lowest BCUT2D eigenvalue weighted by Crippen LogP contribution is -2.68. The number of hydrogen-bond acceptors (Lipinski definition) is 5. The molecule has 2 aliphatic heterocycles. The molecule has 2 aliphatic rings. The molecular weight excluding hydrogens is 444 g/mol. The fourth-order valence-corrected chi connectivity index (χ4v) is 5.77. The third kappa shape index (κ3) is 3.27. The number of hydrogen-bond donors (Lipinski definition) is 3. The minimum atomic E-state index is -1.37. The maximum atomic E-state index is 14.1. The highest BCUT2D eigenvalue weighted by atomic mass is 35.5. The topological polar surface area (TPSA) is 90.9 Å². The first-order valence-electron chi connectivity index (χ1n) is 10.8. The predicted molar refractivity (Wildman–Crippen MR) is 128 cm³/mol. The number of ether oxygens (including phenoxy) is 1. The van der Waals surface area contributed by atoms with Gasteiger partial charge in [-0.1, -0.05) is 11.6 Å². The van der Waals surface area contributed by atoms with Crippen molar-refractivity contribution in [1.29, 1.82) is 0 Å². The van der Waals surface area contributed by atoms with Crippen LogP contribution in [0.25, 0.3) is 0 Å². The van der Waals surface area contributed by atoms with Gasteiger partial charge < -0.3 is 25.4 Å². The van der Waals surface area contributed by atoms with E-state index >= 15 is 0 Å². The van der Waals surface area contributed by atoms with Crippen LogP contribution in [0.2, 0.25) is 5.02 Å². The summed E-state index contributed by atoms with van der Waals surface area (Å²) in [7, 11) is 8.83. The number of fused-ring (bicyclic) bond motifs is 1. The zero-order valence-corrected chi connectivity index (χ0v) is 20.2. The summed E-state index contributed by atoms with van der Waals surface area (Å²) in [5.41, 5.74) is 1.42. The van der Waals surface area contributed by atoms with Crippen molar-refractivity contribution in [2.45, 2.75) is 24.1 Å². The van der Waals surface area contributed by atoms with Crippen molar-refractivity contribution in [3.8, 4) is 5.75 Å². The highest BCUT2D eigenvalue weighted by Crippen LogP contribution is 2.55. The summed E-state index contributed by atoms with van der Waals surface area (Å²) in [6.07, 6.45) is -0.517. The SMILES string of the molecule is CNC(=O)[C@@H]1C[C@@H](O)C[N+]1(C)C1(c2ccc(N(C)C)cc2OC)C(=O)Nc2ccc(Cl)cc21. The van der Waals surface area contributed by atoms with Crippen molar-refractivity contribution in [3.05, 3.63) is 52.5 Å². The molecule has 3 N–H and O–H groups in total. The van der Waals surface area contributed by atoms with E-state index < -0.39 is 17.7 Å². The number of rotatable bonds is 5. The molecule has 0 saturated carbocycles. The summed E-state index contributed by atoms with van der Waals surface area (Å²) in [4.78, 5) is 29.1. The van der Waals surface area contributed by atoms with Gasteiger partial charge in [0.25, 0.3) is 11.8 Å². The van der Waals surface area contributed by atoms with Crippen LogP contribution in [0.3, 0.4) is 0 Å². The van der Waals surface area contributed by atoms with Gasteiger partial charge in [-0.3, -0.25) is 14.1 Å². The average Bonchev–Trinajstić information content (AvgIpc) is 3.25. The van der Waals surface area contributed by atoms with Gasteiger partial charge in [0.05, 0.1) is 31.0 Å². The maximum absolute atomic E-state index is 14.1. The fourth-order valence-electron chi connectivity index (χ4n) is 5.60. The molecule has 0 bridgehead atoms. The van der Waals surface area contributed by atoms with E-state index in [0.29, 0.717) is 27.6 Å². The molecule has 0 radical (unpaired) electrons. The Morgan fingerprint density at radius 1 is 1.27 bits per heavy atom. The Labute approximate surface area is 198 Å². The molecule has 0 spiro atoms. The maximum Gasteiger partial charge on any atom is 0.295 e. The first kappa shape index (κ1) is 23.4. The number of methoxy groups -OCH3 is 1. The number of quaternary nitrogens is 1. The summed E-state index contributed by atoms with van der Waals surface area (Å²) in [5, 5.41) is 16.9. The predicted octanol–water partition coefficient (Wildman–Crippen LogP) is 1.94. The molecule has 176 valence electrons. The van der Waals surface area contributed by atoms with Crippen LogP contribution in [0, 0.1) is 0 Å². The van der Waals surface area contributed by atoms with E-state index in [1.165, 1.54) is 0 Å². The molecule has 4 atom stereocenters. The number of halogens is 1. The monoisotopic (exact) mass is 473 g/mol. The number of nitrogens with zero attached hydrogens (tertiary/aromatic N) is 2. The molecule has 33 heavy (non-hydrogen) atoms. The summed E-state index contributed by atoms with van der Waals surface area (Å²) in [6.45, 7) is 0.204. The van der Waals surface area contributed by atoms with Crippen molar-refractivity contribution >= 4 is 34.8 Å². The van der Waals surface area contributed by atoms with Gasteiger partial charge in [0, 0.05) is 44.3 Å². The van der Waals surface area contributed by atoms with Crippen LogP contribution in [0.1, 0.15) is 17.5 Å². The molecule has 0 aromatic heterocycles. The Morgan fingerprint density at radius 2 is 2.00 bits per heavy atom.